The van der Waals surface area contributed by atoms with E-state index in [0.29, 0.717) is 5.02 Å². The number of hydrogen-bond acceptors (Lipinski definition) is 4. The minimum atomic E-state index is -4.18. The zero-order valence-corrected chi connectivity index (χ0v) is 19.9. The Bertz CT molecular complexity index is 1090. The fourth-order valence-corrected chi connectivity index (χ4v) is 5.71. The van der Waals surface area contributed by atoms with Gasteiger partial charge in [0.05, 0.1) is 16.3 Å². The Morgan fingerprint density at radius 1 is 0.967 bits per heavy atom. The lowest BCUT2D eigenvalue weighted by molar-refractivity contribution is 0.513. The summed E-state index contributed by atoms with van der Waals surface area (Å²) in [5, 5.41) is 0.529. The summed E-state index contributed by atoms with van der Waals surface area (Å²) in [6.45, 7) is 1.59. The van der Waals surface area contributed by atoms with Gasteiger partial charge in [-0.15, -0.1) is 0 Å². The van der Waals surface area contributed by atoms with E-state index in [-0.39, 0.29) is 34.2 Å². The molecule has 0 N–H and O–H groups in total. The standard InChI is InChI=1S/C19H23Cl2FN2O4S2/c1-14(5-4-12-29(25,26)23(2)3)24(19-13-16(21)8-11-18(19)22)30(27,28)17-9-6-15(20)7-10-17/h6-11,13-14H,4-5,12H2,1-3H3. The molecule has 0 aliphatic heterocycles. The van der Waals surface area contributed by atoms with Crippen LogP contribution in [-0.2, 0) is 20.0 Å². The molecule has 0 saturated heterocycles. The van der Waals surface area contributed by atoms with Gasteiger partial charge in [-0.25, -0.2) is 25.5 Å². The highest BCUT2D eigenvalue weighted by Gasteiger charge is 2.32. The normalized spacial score (nSPS) is 13.4. The summed E-state index contributed by atoms with van der Waals surface area (Å²) in [5.74, 6) is -0.915. The van der Waals surface area contributed by atoms with Crippen LogP contribution in [0.15, 0.2) is 47.4 Å². The second-order valence-corrected chi connectivity index (χ2v) is 11.9. The van der Waals surface area contributed by atoms with E-state index < -0.39 is 31.9 Å². The molecule has 30 heavy (non-hydrogen) atoms. The molecule has 0 saturated carbocycles. The van der Waals surface area contributed by atoms with Crippen molar-refractivity contribution in [1.82, 2.24) is 4.31 Å². The van der Waals surface area contributed by atoms with Gasteiger partial charge in [-0.05, 0) is 62.2 Å². The molecule has 0 heterocycles. The smallest absolute Gasteiger partial charge is 0.261 e. The van der Waals surface area contributed by atoms with Crippen LogP contribution in [0, 0.1) is 5.82 Å². The summed E-state index contributed by atoms with van der Waals surface area (Å²) in [6, 6.07) is 8.41. The number of anilines is 1. The van der Waals surface area contributed by atoms with Crippen LogP contribution in [0.1, 0.15) is 19.8 Å². The van der Waals surface area contributed by atoms with Gasteiger partial charge in [-0.1, -0.05) is 23.2 Å². The van der Waals surface area contributed by atoms with Gasteiger partial charge in [0, 0.05) is 30.2 Å². The Labute approximate surface area is 187 Å². The van der Waals surface area contributed by atoms with Crippen molar-refractivity contribution in [3.05, 3.63) is 58.3 Å². The molecule has 2 aromatic carbocycles. The molecule has 0 amide bonds. The van der Waals surface area contributed by atoms with Gasteiger partial charge < -0.3 is 0 Å². The Kier molecular flexibility index (Phi) is 8.15. The summed E-state index contributed by atoms with van der Waals surface area (Å²) < 4.78 is 67.4. The molecule has 0 bridgehead atoms. The maximum atomic E-state index is 14.6. The van der Waals surface area contributed by atoms with E-state index in [1.54, 1.807) is 6.92 Å². The fourth-order valence-electron chi connectivity index (χ4n) is 2.84. The lowest BCUT2D eigenvalue weighted by Gasteiger charge is -2.31. The van der Waals surface area contributed by atoms with Crippen molar-refractivity contribution in [2.24, 2.45) is 0 Å². The van der Waals surface area contributed by atoms with Crippen LogP contribution in [0.3, 0.4) is 0 Å². The predicted molar refractivity (Wildman–Crippen MR) is 119 cm³/mol. The molecule has 1 atom stereocenters. The van der Waals surface area contributed by atoms with Crippen molar-refractivity contribution in [1.29, 1.82) is 0 Å². The summed E-state index contributed by atoms with van der Waals surface area (Å²) >= 11 is 11.8. The second-order valence-electron chi connectivity index (χ2n) is 6.94. The van der Waals surface area contributed by atoms with Gasteiger partial charge in [0.1, 0.15) is 5.82 Å². The molecule has 1 unspecified atom stereocenters. The number of halogens is 3. The Hall–Kier alpha value is -1.39. The van der Waals surface area contributed by atoms with E-state index in [2.05, 4.69) is 0 Å². The maximum absolute atomic E-state index is 14.6. The van der Waals surface area contributed by atoms with Crippen LogP contribution < -0.4 is 4.31 Å². The molecule has 166 valence electrons. The maximum Gasteiger partial charge on any atom is 0.264 e. The second kappa shape index (κ2) is 9.82. The first-order valence-electron chi connectivity index (χ1n) is 9.01. The summed E-state index contributed by atoms with van der Waals surface area (Å²) in [4.78, 5) is -0.0703. The van der Waals surface area contributed by atoms with E-state index in [1.807, 2.05) is 0 Å². The summed E-state index contributed by atoms with van der Waals surface area (Å²) in [6.07, 6.45) is 0.377. The first-order valence-corrected chi connectivity index (χ1v) is 12.8. The van der Waals surface area contributed by atoms with Crippen molar-refractivity contribution in [2.45, 2.75) is 30.7 Å². The van der Waals surface area contributed by atoms with Crippen LogP contribution in [0.5, 0.6) is 0 Å². The van der Waals surface area contributed by atoms with Gasteiger partial charge in [-0.2, -0.15) is 0 Å². The number of sulfonamides is 2. The van der Waals surface area contributed by atoms with E-state index in [1.165, 1.54) is 50.5 Å². The first-order chi connectivity index (χ1) is 13.9. The zero-order chi connectivity index (χ0) is 22.7. The molecule has 0 fully saturated rings. The third-order valence-electron chi connectivity index (χ3n) is 4.50. The molecule has 2 rings (SSSR count). The van der Waals surface area contributed by atoms with Crippen molar-refractivity contribution in [3.63, 3.8) is 0 Å². The van der Waals surface area contributed by atoms with Crippen LogP contribution in [-0.4, -0.2) is 47.0 Å². The minimum absolute atomic E-state index is 0.0703. The molecular weight excluding hydrogens is 474 g/mol. The molecule has 0 radical (unpaired) electrons. The van der Waals surface area contributed by atoms with Gasteiger partial charge in [0.15, 0.2) is 0 Å². The number of nitrogens with zero attached hydrogens (tertiary/aromatic N) is 2. The van der Waals surface area contributed by atoms with Gasteiger partial charge in [0.25, 0.3) is 10.0 Å². The highest BCUT2D eigenvalue weighted by molar-refractivity contribution is 7.92. The average Bonchev–Trinajstić information content (AvgIpc) is 2.64. The monoisotopic (exact) mass is 496 g/mol. The predicted octanol–water partition coefficient (Wildman–Crippen LogP) is 4.39. The number of benzene rings is 2. The van der Waals surface area contributed by atoms with Crippen molar-refractivity contribution in [3.8, 4) is 0 Å². The molecular formula is C19H23Cl2FN2O4S2. The van der Waals surface area contributed by atoms with Crippen LogP contribution >= 0.6 is 23.2 Å². The van der Waals surface area contributed by atoms with Crippen LogP contribution in [0.25, 0.3) is 0 Å². The van der Waals surface area contributed by atoms with E-state index in [4.69, 9.17) is 23.2 Å². The van der Waals surface area contributed by atoms with Crippen LogP contribution in [0.4, 0.5) is 10.1 Å². The summed E-state index contributed by atoms with van der Waals surface area (Å²) in [5.41, 5.74) is -0.208. The fraction of sp³-hybridized carbons (Fsp3) is 0.368. The Morgan fingerprint density at radius 2 is 1.53 bits per heavy atom. The Balaban J connectivity index is 2.44. The third-order valence-corrected chi connectivity index (χ3v) is 8.84. The first kappa shape index (κ1) is 24.9. The molecule has 2 aromatic rings. The summed E-state index contributed by atoms with van der Waals surface area (Å²) in [7, 11) is -4.76. The quantitative estimate of drug-likeness (QED) is 0.515. The molecule has 0 spiro atoms. The topological polar surface area (TPSA) is 74.8 Å². The van der Waals surface area contributed by atoms with Crippen molar-refractivity contribution < 1.29 is 21.2 Å². The molecule has 0 aliphatic rings. The minimum Gasteiger partial charge on any atom is -0.261 e. The molecule has 11 heteroatoms. The van der Waals surface area contributed by atoms with Gasteiger partial charge >= 0.3 is 0 Å². The number of hydrogen-bond donors (Lipinski definition) is 0. The lowest BCUT2D eigenvalue weighted by atomic mass is 10.2. The highest BCUT2D eigenvalue weighted by atomic mass is 35.5. The molecule has 0 aromatic heterocycles. The molecule has 0 aliphatic carbocycles. The van der Waals surface area contributed by atoms with Gasteiger partial charge in [0.2, 0.25) is 10.0 Å². The SMILES string of the molecule is CC(CCCS(=O)(=O)N(C)C)N(c1cc(Cl)ccc1F)S(=O)(=O)c1ccc(Cl)cc1. The average molecular weight is 497 g/mol. The number of rotatable bonds is 9. The highest BCUT2D eigenvalue weighted by Crippen LogP contribution is 2.32. The van der Waals surface area contributed by atoms with Gasteiger partial charge in [-0.3, -0.25) is 4.31 Å². The van der Waals surface area contributed by atoms with E-state index in [9.17, 15) is 21.2 Å². The third kappa shape index (κ3) is 5.85. The van der Waals surface area contributed by atoms with Crippen LogP contribution in [0.2, 0.25) is 10.0 Å². The van der Waals surface area contributed by atoms with Crippen molar-refractivity contribution >= 4 is 48.9 Å². The zero-order valence-electron chi connectivity index (χ0n) is 16.7. The van der Waals surface area contributed by atoms with Crippen molar-refractivity contribution in [2.75, 3.05) is 24.2 Å². The molecule has 6 nitrogen and oxygen atoms in total. The largest absolute Gasteiger partial charge is 0.264 e. The van der Waals surface area contributed by atoms with E-state index in [0.717, 1.165) is 14.7 Å². The lowest BCUT2D eigenvalue weighted by Crippen LogP contribution is -2.39. The van der Waals surface area contributed by atoms with E-state index >= 15 is 0 Å². The Morgan fingerprint density at radius 3 is 2.10 bits per heavy atom.